The van der Waals surface area contributed by atoms with E-state index in [9.17, 15) is 0 Å². The highest BCUT2D eigenvalue weighted by molar-refractivity contribution is 6.30. The fourth-order valence-electron chi connectivity index (χ4n) is 2.48. The predicted molar refractivity (Wildman–Crippen MR) is 86.7 cm³/mol. The summed E-state index contributed by atoms with van der Waals surface area (Å²) in [5, 5.41) is 4.35. The van der Waals surface area contributed by atoms with Crippen molar-refractivity contribution in [2.45, 2.75) is 38.9 Å². The lowest BCUT2D eigenvalue weighted by atomic mass is 10.1. The molecule has 0 spiro atoms. The number of furan rings is 1. The van der Waals surface area contributed by atoms with E-state index in [4.69, 9.17) is 16.0 Å². The monoisotopic (exact) mass is 304 g/mol. The lowest BCUT2D eigenvalue weighted by molar-refractivity contribution is 0.503. The van der Waals surface area contributed by atoms with Gasteiger partial charge in [0.15, 0.2) is 0 Å². The summed E-state index contributed by atoms with van der Waals surface area (Å²) in [6.45, 7) is 4.73. The van der Waals surface area contributed by atoms with Gasteiger partial charge in [0, 0.05) is 29.8 Å². The van der Waals surface area contributed by atoms with Crippen LogP contribution in [0, 0.1) is 0 Å². The molecule has 0 saturated heterocycles. The molecule has 2 aromatic rings. The minimum Gasteiger partial charge on any atom is -0.467 e. The summed E-state index contributed by atoms with van der Waals surface area (Å²) in [7, 11) is 0. The average molecular weight is 305 g/mol. The van der Waals surface area contributed by atoms with Crippen molar-refractivity contribution in [1.29, 1.82) is 0 Å². The van der Waals surface area contributed by atoms with Crippen molar-refractivity contribution in [2.24, 2.45) is 0 Å². The molecular weight excluding hydrogens is 284 g/mol. The number of hydrogen-bond acceptors (Lipinski definition) is 3. The first-order valence-corrected chi connectivity index (χ1v) is 7.93. The van der Waals surface area contributed by atoms with Crippen LogP contribution in [0.1, 0.15) is 31.1 Å². The minimum atomic E-state index is 0.702. The van der Waals surface area contributed by atoms with Crippen LogP contribution >= 0.6 is 11.6 Å². The van der Waals surface area contributed by atoms with Gasteiger partial charge >= 0.3 is 0 Å². The quantitative estimate of drug-likeness (QED) is 0.830. The molecule has 1 heterocycles. The van der Waals surface area contributed by atoms with Crippen LogP contribution in [0.25, 0.3) is 0 Å². The Labute approximate surface area is 130 Å². The van der Waals surface area contributed by atoms with E-state index in [1.165, 1.54) is 24.1 Å². The molecule has 112 valence electrons. The zero-order chi connectivity index (χ0) is 14.7. The molecule has 0 amide bonds. The summed E-state index contributed by atoms with van der Waals surface area (Å²) in [5.41, 5.74) is 2.48. The molecule has 1 fully saturated rings. The second-order valence-electron chi connectivity index (χ2n) is 5.52. The van der Waals surface area contributed by atoms with Gasteiger partial charge in [-0.05, 0) is 49.6 Å². The van der Waals surface area contributed by atoms with Crippen LogP contribution < -0.4 is 10.2 Å². The maximum Gasteiger partial charge on any atom is 0.123 e. The smallest absolute Gasteiger partial charge is 0.123 e. The summed E-state index contributed by atoms with van der Waals surface area (Å²) in [4.78, 5) is 2.30. The van der Waals surface area contributed by atoms with Crippen LogP contribution in [0.2, 0.25) is 5.02 Å². The maximum atomic E-state index is 6.20. The highest BCUT2D eigenvalue weighted by atomic mass is 35.5. The van der Waals surface area contributed by atoms with Gasteiger partial charge in [0.2, 0.25) is 0 Å². The van der Waals surface area contributed by atoms with Crippen molar-refractivity contribution in [3.63, 3.8) is 0 Å². The molecule has 1 N–H and O–H groups in total. The van der Waals surface area contributed by atoms with Crippen LogP contribution in [0.5, 0.6) is 0 Å². The Morgan fingerprint density at radius 3 is 2.86 bits per heavy atom. The fraction of sp³-hybridized carbons (Fsp3) is 0.412. The van der Waals surface area contributed by atoms with Gasteiger partial charge in [0.1, 0.15) is 5.76 Å². The van der Waals surface area contributed by atoms with Crippen LogP contribution in [-0.4, -0.2) is 12.6 Å². The zero-order valence-corrected chi connectivity index (χ0v) is 13.1. The summed E-state index contributed by atoms with van der Waals surface area (Å²) in [5.74, 6) is 0.970. The highest BCUT2D eigenvalue weighted by Gasteiger charge is 2.21. The molecule has 0 atom stereocenters. The third-order valence-corrected chi connectivity index (χ3v) is 4.09. The number of nitrogens with one attached hydrogen (secondary N) is 1. The minimum absolute atomic E-state index is 0.702. The molecule has 3 nitrogen and oxygen atoms in total. The van der Waals surface area contributed by atoms with Gasteiger partial charge in [-0.3, -0.25) is 0 Å². The Balaban J connectivity index is 1.80. The Kier molecular flexibility index (Phi) is 4.51. The van der Waals surface area contributed by atoms with Gasteiger partial charge in [-0.15, -0.1) is 0 Å². The van der Waals surface area contributed by atoms with E-state index in [-0.39, 0.29) is 0 Å². The van der Waals surface area contributed by atoms with E-state index in [0.717, 1.165) is 30.4 Å². The first-order chi connectivity index (χ1) is 10.3. The van der Waals surface area contributed by atoms with Crippen LogP contribution in [0.15, 0.2) is 41.0 Å². The number of anilines is 1. The topological polar surface area (TPSA) is 28.4 Å². The third kappa shape index (κ3) is 3.80. The van der Waals surface area contributed by atoms with E-state index in [1.807, 2.05) is 18.2 Å². The Hall–Kier alpha value is -1.45. The first-order valence-electron chi connectivity index (χ1n) is 7.55. The van der Waals surface area contributed by atoms with Gasteiger partial charge in [0.05, 0.1) is 12.8 Å². The molecule has 0 unspecified atom stereocenters. The maximum absolute atomic E-state index is 6.20. The molecular formula is C17H21ClN2O. The number of halogens is 1. The van der Waals surface area contributed by atoms with Crippen molar-refractivity contribution in [1.82, 2.24) is 5.32 Å². The molecule has 1 saturated carbocycles. The standard InChI is InChI=1S/C17H21ClN2O/c1-2-20(12-16-4-3-9-21-16)17-10-14(18)6-5-13(17)11-19-15-7-8-15/h3-6,9-10,15,19H,2,7-8,11-12H2,1H3. The van der Waals surface area contributed by atoms with Crippen molar-refractivity contribution in [3.05, 3.63) is 52.9 Å². The Morgan fingerprint density at radius 2 is 2.19 bits per heavy atom. The van der Waals surface area contributed by atoms with Crippen molar-refractivity contribution < 1.29 is 4.42 Å². The predicted octanol–water partition coefficient (Wildman–Crippen LogP) is 4.21. The fourth-order valence-corrected chi connectivity index (χ4v) is 2.65. The highest BCUT2D eigenvalue weighted by Crippen LogP contribution is 2.28. The van der Waals surface area contributed by atoms with Crippen LogP contribution in [-0.2, 0) is 13.1 Å². The Bertz CT molecular complexity index is 578. The second-order valence-corrected chi connectivity index (χ2v) is 5.96. The van der Waals surface area contributed by atoms with Crippen LogP contribution in [0.3, 0.4) is 0 Å². The zero-order valence-electron chi connectivity index (χ0n) is 12.3. The van der Waals surface area contributed by atoms with Gasteiger partial charge < -0.3 is 14.6 Å². The first kappa shape index (κ1) is 14.5. The molecule has 3 rings (SSSR count). The number of rotatable bonds is 7. The molecule has 0 aliphatic heterocycles. The third-order valence-electron chi connectivity index (χ3n) is 3.86. The summed E-state index contributed by atoms with van der Waals surface area (Å²) < 4.78 is 5.48. The van der Waals surface area contributed by atoms with Crippen molar-refractivity contribution in [2.75, 3.05) is 11.4 Å². The molecule has 1 aromatic heterocycles. The van der Waals surface area contributed by atoms with Gasteiger partial charge in [-0.1, -0.05) is 17.7 Å². The average Bonchev–Trinajstić information content (AvgIpc) is 3.18. The molecule has 4 heteroatoms. The summed E-state index contributed by atoms with van der Waals surface area (Å²) in [6, 6.07) is 10.8. The van der Waals surface area contributed by atoms with Gasteiger partial charge in [-0.25, -0.2) is 0 Å². The molecule has 0 bridgehead atoms. The lowest BCUT2D eigenvalue weighted by Gasteiger charge is -2.25. The number of hydrogen-bond donors (Lipinski definition) is 1. The molecule has 21 heavy (non-hydrogen) atoms. The second kappa shape index (κ2) is 6.54. The van der Waals surface area contributed by atoms with Gasteiger partial charge in [-0.2, -0.15) is 0 Å². The van der Waals surface area contributed by atoms with Crippen molar-refractivity contribution in [3.8, 4) is 0 Å². The SMILES string of the molecule is CCN(Cc1ccco1)c1cc(Cl)ccc1CNC1CC1. The van der Waals surface area contributed by atoms with E-state index in [1.54, 1.807) is 6.26 Å². The van der Waals surface area contributed by atoms with E-state index in [2.05, 4.69) is 29.3 Å². The molecule has 1 aliphatic carbocycles. The van der Waals surface area contributed by atoms with Gasteiger partial charge in [0.25, 0.3) is 0 Å². The summed E-state index contributed by atoms with van der Waals surface area (Å²) >= 11 is 6.20. The lowest BCUT2D eigenvalue weighted by Crippen LogP contribution is -2.25. The Morgan fingerprint density at radius 1 is 1.33 bits per heavy atom. The molecule has 1 aromatic carbocycles. The van der Waals surface area contributed by atoms with E-state index in [0.29, 0.717) is 6.04 Å². The number of benzene rings is 1. The normalized spacial score (nSPS) is 14.4. The van der Waals surface area contributed by atoms with Crippen LogP contribution in [0.4, 0.5) is 5.69 Å². The number of nitrogens with zero attached hydrogens (tertiary/aromatic N) is 1. The molecule has 0 radical (unpaired) electrons. The molecule has 1 aliphatic rings. The van der Waals surface area contributed by atoms with Crippen molar-refractivity contribution >= 4 is 17.3 Å². The largest absolute Gasteiger partial charge is 0.467 e. The van der Waals surface area contributed by atoms with E-state index < -0.39 is 0 Å². The summed E-state index contributed by atoms with van der Waals surface area (Å²) in [6.07, 6.45) is 4.32. The van der Waals surface area contributed by atoms with E-state index >= 15 is 0 Å².